The first-order valence-corrected chi connectivity index (χ1v) is 15.2. The van der Waals surface area contributed by atoms with Gasteiger partial charge in [0.15, 0.2) is 11.2 Å². The Labute approximate surface area is 260 Å². The van der Waals surface area contributed by atoms with Crippen LogP contribution in [0.15, 0.2) is 142 Å². The van der Waals surface area contributed by atoms with E-state index in [-0.39, 0.29) is 5.41 Å². The van der Waals surface area contributed by atoms with E-state index >= 15 is 0 Å². The van der Waals surface area contributed by atoms with Crippen LogP contribution in [0.3, 0.4) is 0 Å². The van der Waals surface area contributed by atoms with Crippen LogP contribution in [0.4, 0.5) is 0 Å². The highest BCUT2D eigenvalue weighted by molar-refractivity contribution is 5.85. The third-order valence-electron chi connectivity index (χ3n) is 9.15. The number of benzene rings is 6. The molecule has 0 amide bonds. The van der Waals surface area contributed by atoms with Crippen molar-refractivity contribution in [2.75, 3.05) is 0 Å². The van der Waals surface area contributed by atoms with Gasteiger partial charge in [-0.1, -0.05) is 98.8 Å². The van der Waals surface area contributed by atoms with Crippen LogP contribution in [0.5, 0.6) is 0 Å². The van der Waals surface area contributed by atoms with E-state index in [1.807, 2.05) is 54.6 Å². The van der Waals surface area contributed by atoms with Crippen LogP contribution in [0.25, 0.3) is 78.5 Å². The summed E-state index contributed by atoms with van der Waals surface area (Å²) in [6, 6.07) is 46.4. The number of oxazole rings is 2. The molecule has 45 heavy (non-hydrogen) atoms. The van der Waals surface area contributed by atoms with E-state index in [2.05, 4.69) is 92.7 Å². The molecule has 6 aromatic carbocycles. The van der Waals surface area contributed by atoms with Crippen molar-refractivity contribution in [3.63, 3.8) is 0 Å². The Bertz CT molecular complexity index is 2250. The molecule has 8 aromatic rings. The van der Waals surface area contributed by atoms with Crippen LogP contribution in [-0.4, -0.2) is 9.97 Å². The molecule has 0 saturated heterocycles. The molecule has 0 atom stereocenters. The molecule has 4 heteroatoms. The number of rotatable bonds is 4. The quantitative estimate of drug-likeness (QED) is 0.208. The molecule has 0 radical (unpaired) electrons. The minimum Gasteiger partial charge on any atom is -0.436 e. The van der Waals surface area contributed by atoms with Gasteiger partial charge in [-0.15, -0.1) is 0 Å². The van der Waals surface area contributed by atoms with Crippen LogP contribution >= 0.6 is 0 Å². The van der Waals surface area contributed by atoms with Gasteiger partial charge in [0.05, 0.1) is 0 Å². The van der Waals surface area contributed by atoms with E-state index in [1.165, 1.54) is 33.4 Å². The highest BCUT2D eigenvalue weighted by Crippen LogP contribution is 2.49. The average molecular weight is 581 g/mol. The molecule has 0 unspecified atom stereocenters. The van der Waals surface area contributed by atoms with Crippen molar-refractivity contribution >= 4 is 22.2 Å². The second kappa shape index (κ2) is 9.63. The van der Waals surface area contributed by atoms with Crippen LogP contribution in [-0.2, 0) is 5.41 Å². The van der Waals surface area contributed by atoms with Gasteiger partial charge in [-0.25, -0.2) is 9.97 Å². The van der Waals surface area contributed by atoms with Crippen LogP contribution in [0.2, 0.25) is 0 Å². The summed E-state index contributed by atoms with van der Waals surface area (Å²) in [5.74, 6) is 1.13. The van der Waals surface area contributed by atoms with Crippen molar-refractivity contribution < 1.29 is 8.83 Å². The van der Waals surface area contributed by atoms with Crippen molar-refractivity contribution in [3.8, 4) is 56.3 Å². The van der Waals surface area contributed by atoms with E-state index in [0.29, 0.717) is 11.8 Å². The molecule has 1 aliphatic carbocycles. The molecule has 2 aromatic heterocycles. The van der Waals surface area contributed by atoms with Crippen molar-refractivity contribution in [2.45, 2.75) is 19.3 Å². The molecule has 214 valence electrons. The number of para-hydroxylation sites is 4. The standard InChI is InChI=1S/C41H28N2O2/c1-41(2)33-10-4-3-9-31(33)32-20-19-27(24-34(32)41)25-15-17-26(18-16-25)28-21-29(39-42-35-11-5-7-13-37(35)44-39)23-30(22-28)40-43-36-12-6-8-14-38(36)45-40/h3-24H,1-2H3. The summed E-state index contributed by atoms with van der Waals surface area (Å²) in [5.41, 5.74) is 14.8. The lowest BCUT2D eigenvalue weighted by Crippen LogP contribution is -2.14. The van der Waals surface area contributed by atoms with Gasteiger partial charge in [0.2, 0.25) is 11.8 Å². The minimum atomic E-state index is -0.0336. The molecular formula is C41H28N2O2. The Morgan fingerprint density at radius 2 is 0.911 bits per heavy atom. The van der Waals surface area contributed by atoms with E-state index in [0.717, 1.165) is 44.5 Å². The Balaban J connectivity index is 1.13. The number of hydrogen-bond donors (Lipinski definition) is 0. The second-order valence-corrected chi connectivity index (χ2v) is 12.3. The zero-order valence-electron chi connectivity index (χ0n) is 24.9. The molecule has 0 N–H and O–H groups in total. The minimum absolute atomic E-state index is 0.0336. The van der Waals surface area contributed by atoms with E-state index in [4.69, 9.17) is 18.8 Å². The monoisotopic (exact) mass is 580 g/mol. The largest absolute Gasteiger partial charge is 0.436 e. The lowest BCUT2D eigenvalue weighted by atomic mass is 9.81. The smallest absolute Gasteiger partial charge is 0.227 e. The summed E-state index contributed by atoms with van der Waals surface area (Å²) >= 11 is 0. The molecular weight excluding hydrogens is 552 g/mol. The fourth-order valence-corrected chi connectivity index (χ4v) is 6.77. The average Bonchev–Trinajstić information content (AvgIpc) is 3.78. The second-order valence-electron chi connectivity index (χ2n) is 12.3. The summed E-state index contributed by atoms with van der Waals surface area (Å²) < 4.78 is 12.4. The molecule has 4 nitrogen and oxygen atoms in total. The maximum absolute atomic E-state index is 6.19. The van der Waals surface area contributed by atoms with Crippen molar-refractivity contribution in [1.82, 2.24) is 9.97 Å². The summed E-state index contributed by atoms with van der Waals surface area (Å²) in [6.07, 6.45) is 0. The normalized spacial score (nSPS) is 13.3. The van der Waals surface area contributed by atoms with Crippen molar-refractivity contribution in [2.24, 2.45) is 0 Å². The predicted molar refractivity (Wildman–Crippen MR) is 181 cm³/mol. The first-order valence-electron chi connectivity index (χ1n) is 15.2. The fourth-order valence-electron chi connectivity index (χ4n) is 6.77. The number of nitrogens with zero attached hydrogens (tertiary/aromatic N) is 2. The number of aromatic nitrogens is 2. The third-order valence-corrected chi connectivity index (χ3v) is 9.15. The van der Waals surface area contributed by atoms with E-state index < -0.39 is 0 Å². The number of fused-ring (bicyclic) bond motifs is 5. The van der Waals surface area contributed by atoms with E-state index in [1.54, 1.807) is 0 Å². The maximum atomic E-state index is 6.19. The highest BCUT2D eigenvalue weighted by Gasteiger charge is 2.35. The zero-order chi connectivity index (χ0) is 30.1. The van der Waals surface area contributed by atoms with Gasteiger partial charge in [0.1, 0.15) is 11.0 Å². The highest BCUT2D eigenvalue weighted by atomic mass is 16.4. The van der Waals surface area contributed by atoms with Gasteiger partial charge in [0, 0.05) is 16.5 Å². The number of hydrogen-bond acceptors (Lipinski definition) is 4. The molecule has 1 aliphatic rings. The van der Waals surface area contributed by atoms with Gasteiger partial charge in [0.25, 0.3) is 0 Å². The molecule has 2 heterocycles. The third kappa shape index (κ3) is 4.14. The van der Waals surface area contributed by atoms with Gasteiger partial charge in [-0.2, -0.15) is 0 Å². The molecule has 0 fully saturated rings. The van der Waals surface area contributed by atoms with Gasteiger partial charge >= 0.3 is 0 Å². The predicted octanol–water partition coefficient (Wildman–Crippen LogP) is 10.9. The van der Waals surface area contributed by atoms with Gasteiger partial charge < -0.3 is 8.83 Å². The molecule has 0 aliphatic heterocycles. The molecule has 0 spiro atoms. The van der Waals surface area contributed by atoms with Crippen molar-refractivity contribution in [3.05, 3.63) is 145 Å². The summed E-state index contributed by atoms with van der Waals surface area (Å²) in [4.78, 5) is 9.57. The molecule has 0 saturated carbocycles. The fraction of sp³-hybridized carbons (Fsp3) is 0.0732. The van der Waals surface area contributed by atoms with Crippen molar-refractivity contribution in [1.29, 1.82) is 0 Å². The van der Waals surface area contributed by atoms with E-state index in [9.17, 15) is 0 Å². The first-order chi connectivity index (χ1) is 22.0. The lowest BCUT2D eigenvalue weighted by Gasteiger charge is -2.22. The summed E-state index contributed by atoms with van der Waals surface area (Å²) in [6.45, 7) is 4.64. The van der Waals surface area contributed by atoms with Gasteiger partial charge in [-0.3, -0.25) is 0 Å². The SMILES string of the molecule is CC1(C)c2ccccc2-c2ccc(-c3ccc(-c4cc(-c5nc6ccccc6o5)cc(-c5nc6ccccc6o5)c4)cc3)cc21. The zero-order valence-corrected chi connectivity index (χ0v) is 24.9. The summed E-state index contributed by atoms with van der Waals surface area (Å²) in [5, 5.41) is 0. The Hall–Kier alpha value is -5.74. The lowest BCUT2D eigenvalue weighted by molar-refractivity contribution is 0.617. The maximum Gasteiger partial charge on any atom is 0.227 e. The van der Waals surface area contributed by atoms with Crippen LogP contribution < -0.4 is 0 Å². The molecule has 0 bridgehead atoms. The van der Waals surface area contributed by atoms with Crippen LogP contribution in [0.1, 0.15) is 25.0 Å². The first kappa shape index (κ1) is 25.7. The topological polar surface area (TPSA) is 52.1 Å². The Morgan fingerprint density at radius 3 is 1.53 bits per heavy atom. The Morgan fingerprint density at radius 1 is 0.422 bits per heavy atom. The summed E-state index contributed by atoms with van der Waals surface area (Å²) in [7, 11) is 0. The van der Waals surface area contributed by atoms with Gasteiger partial charge in [-0.05, 0) is 93.0 Å². The molecule has 9 rings (SSSR count). The van der Waals surface area contributed by atoms with Crippen LogP contribution in [0, 0.1) is 0 Å². The Kier molecular flexibility index (Phi) is 5.51.